The zero-order chi connectivity index (χ0) is 15.1. The highest BCUT2D eigenvalue weighted by atomic mass is 19.1. The molecular formula is C15H24FN3O. The predicted molar refractivity (Wildman–Crippen MR) is 80.4 cm³/mol. The van der Waals surface area contributed by atoms with Crippen LogP contribution in [0.4, 0.5) is 10.1 Å². The molecule has 0 saturated heterocycles. The van der Waals surface area contributed by atoms with Gasteiger partial charge in [0.05, 0.1) is 12.2 Å². The van der Waals surface area contributed by atoms with Crippen molar-refractivity contribution in [3.05, 3.63) is 29.6 Å². The number of carbonyl (C=O) groups excluding carboxylic acids is 1. The average molecular weight is 281 g/mol. The smallest absolute Gasteiger partial charge is 0.242 e. The van der Waals surface area contributed by atoms with E-state index in [0.717, 1.165) is 5.56 Å². The lowest BCUT2D eigenvalue weighted by atomic mass is 10.1. The number of anilines is 1. The highest BCUT2D eigenvalue weighted by molar-refractivity contribution is 5.81. The first kappa shape index (κ1) is 16.4. The molecule has 0 unspecified atom stereocenters. The van der Waals surface area contributed by atoms with Gasteiger partial charge in [-0.05, 0) is 32.5 Å². The van der Waals surface area contributed by atoms with Gasteiger partial charge in [0.25, 0.3) is 0 Å². The Hall–Kier alpha value is -1.62. The van der Waals surface area contributed by atoms with E-state index in [1.165, 1.54) is 6.07 Å². The molecule has 4 nitrogen and oxygen atoms in total. The van der Waals surface area contributed by atoms with Gasteiger partial charge in [-0.2, -0.15) is 0 Å². The van der Waals surface area contributed by atoms with Crippen LogP contribution >= 0.6 is 0 Å². The van der Waals surface area contributed by atoms with Crippen LogP contribution in [0.5, 0.6) is 0 Å². The zero-order valence-electron chi connectivity index (χ0n) is 12.7. The molecular weight excluding hydrogens is 257 g/mol. The van der Waals surface area contributed by atoms with E-state index in [-0.39, 0.29) is 18.3 Å². The summed E-state index contributed by atoms with van der Waals surface area (Å²) in [6, 6.07) is 4.98. The van der Waals surface area contributed by atoms with E-state index in [4.69, 9.17) is 0 Å². The van der Waals surface area contributed by atoms with Gasteiger partial charge in [-0.3, -0.25) is 4.79 Å². The second-order valence-corrected chi connectivity index (χ2v) is 4.70. The Morgan fingerprint density at radius 1 is 1.30 bits per heavy atom. The van der Waals surface area contributed by atoms with Crippen molar-refractivity contribution in [2.45, 2.75) is 20.4 Å². The second-order valence-electron chi connectivity index (χ2n) is 4.70. The third-order valence-electron chi connectivity index (χ3n) is 3.31. The highest BCUT2D eigenvalue weighted by Gasteiger charge is 2.17. The molecule has 112 valence electrons. The molecule has 1 amide bonds. The molecule has 0 saturated carbocycles. The molecule has 20 heavy (non-hydrogen) atoms. The van der Waals surface area contributed by atoms with Crippen molar-refractivity contribution >= 4 is 11.6 Å². The van der Waals surface area contributed by atoms with Crippen LogP contribution in [-0.4, -0.2) is 44.5 Å². The van der Waals surface area contributed by atoms with Crippen molar-refractivity contribution in [1.29, 1.82) is 0 Å². The third kappa shape index (κ3) is 3.93. The summed E-state index contributed by atoms with van der Waals surface area (Å²) in [5.41, 5.74) is 1.34. The van der Waals surface area contributed by atoms with Crippen LogP contribution in [-0.2, 0) is 11.3 Å². The normalized spacial score (nSPS) is 10.4. The van der Waals surface area contributed by atoms with E-state index >= 15 is 0 Å². The minimum Gasteiger partial charge on any atom is -0.363 e. The minimum absolute atomic E-state index is 0.0103. The maximum Gasteiger partial charge on any atom is 0.242 e. The number of carbonyl (C=O) groups is 1. The van der Waals surface area contributed by atoms with Crippen molar-refractivity contribution < 1.29 is 9.18 Å². The third-order valence-corrected chi connectivity index (χ3v) is 3.31. The van der Waals surface area contributed by atoms with Crippen molar-refractivity contribution in [3.63, 3.8) is 0 Å². The lowest BCUT2D eigenvalue weighted by molar-refractivity contribution is -0.129. The molecule has 1 aromatic rings. The van der Waals surface area contributed by atoms with Gasteiger partial charge in [0.1, 0.15) is 5.82 Å². The number of likely N-dealkylation sites (N-methyl/N-ethyl adjacent to an activating group) is 2. The molecule has 0 aromatic heterocycles. The first-order valence-corrected chi connectivity index (χ1v) is 6.96. The molecule has 0 bridgehead atoms. The van der Waals surface area contributed by atoms with E-state index in [1.54, 1.807) is 22.9 Å². The number of nitrogens with one attached hydrogen (secondary N) is 1. The number of benzene rings is 1. The zero-order valence-corrected chi connectivity index (χ0v) is 12.7. The number of halogens is 1. The van der Waals surface area contributed by atoms with E-state index < -0.39 is 0 Å². The second kappa shape index (κ2) is 7.85. The van der Waals surface area contributed by atoms with Gasteiger partial charge in [-0.15, -0.1) is 0 Å². The van der Waals surface area contributed by atoms with E-state index in [9.17, 15) is 9.18 Å². The monoisotopic (exact) mass is 281 g/mol. The van der Waals surface area contributed by atoms with Gasteiger partial charge in [-0.1, -0.05) is 12.1 Å². The van der Waals surface area contributed by atoms with Crippen LogP contribution in [0.1, 0.15) is 19.4 Å². The molecule has 0 spiro atoms. The first-order valence-electron chi connectivity index (χ1n) is 6.96. The Balaban J connectivity index is 2.91. The largest absolute Gasteiger partial charge is 0.363 e. The van der Waals surface area contributed by atoms with Crippen molar-refractivity contribution in [2.75, 3.05) is 38.6 Å². The Morgan fingerprint density at radius 3 is 2.50 bits per heavy atom. The minimum atomic E-state index is -0.299. The summed E-state index contributed by atoms with van der Waals surface area (Å²) >= 11 is 0. The summed E-state index contributed by atoms with van der Waals surface area (Å²) in [5.74, 6) is -0.288. The maximum absolute atomic E-state index is 14.0. The lowest BCUT2D eigenvalue weighted by Crippen LogP contribution is -2.39. The van der Waals surface area contributed by atoms with Crippen LogP contribution in [0.25, 0.3) is 0 Å². The van der Waals surface area contributed by atoms with Crippen molar-refractivity contribution in [1.82, 2.24) is 10.2 Å². The topological polar surface area (TPSA) is 35.6 Å². The quantitative estimate of drug-likeness (QED) is 0.828. The Morgan fingerprint density at radius 2 is 1.95 bits per heavy atom. The fraction of sp³-hybridized carbons (Fsp3) is 0.533. The fourth-order valence-corrected chi connectivity index (χ4v) is 2.28. The number of hydrogen-bond acceptors (Lipinski definition) is 3. The van der Waals surface area contributed by atoms with E-state index in [1.807, 2.05) is 27.0 Å². The predicted octanol–water partition coefficient (Wildman–Crippen LogP) is 1.85. The van der Waals surface area contributed by atoms with Crippen molar-refractivity contribution in [2.24, 2.45) is 0 Å². The summed E-state index contributed by atoms with van der Waals surface area (Å²) < 4.78 is 14.0. The number of hydrogen-bond donors (Lipinski definition) is 1. The van der Waals surface area contributed by atoms with Gasteiger partial charge < -0.3 is 15.1 Å². The van der Waals surface area contributed by atoms with E-state index in [0.29, 0.717) is 25.3 Å². The molecule has 1 aromatic carbocycles. The molecule has 0 aliphatic rings. The fourth-order valence-electron chi connectivity index (χ4n) is 2.28. The van der Waals surface area contributed by atoms with Crippen molar-refractivity contribution in [3.8, 4) is 0 Å². The summed E-state index contributed by atoms with van der Waals surface area (Å²) in [7, 11) is 3.56. The van der Waals surface area contributed by atoms with Crippen LogP contribution in [0.3, 0.4) is 0 Å². The molecule has 0 heterocycles. The molecule has 0 atom stereocenters. The van der Waals surface area contributed by atoms with Gasteiger partial charge >= 0.3 is 0 Å². The van der Waals surface area contributed by atoms with Gasteiger partial charge in [-0.25, -0.2) is 4.39 Å². The Labute approximate surface area is 120 Å². The summed E-state index contributed by atoms with van der Waals surface area (Å²) in [4.78, 5) is 15.5. The molecule has 1 N–H and O–H groups in total. The maximum atomic E-state index is 14.0. The van der Waals surface area contributed by atoms with Gasteiger partial charge in [0, 0.05) is 26.7 Å². The SMILES string of the molecule is CCN(CC)C(=O)CN(C)c1c(F)cccc1CNC. The van der Waals surface area contributed by atoms with Crippen LogP contribution in [0.15, 0.2) is 18.2 Å². The van der Waals surface area contributed by atoms with Gasteiger partial charge in [0.2, 0.25) is 5.91 Å². The Bertz CT molecular complexity index is 447. The van der Waals surface area contributed by atoms with Gasteiger partial charge in [0.15, 0.2) is 0 Å². The average Bonchev–Trinajstić information content (AvgIpc) is 2.40. The molecule has 5 heteroatoms. The number of para-hydroxylation sites is 1. The molecule has 0 fully saturated rings. The highest BCUT2D eigenvalue weighted by Crippen LogP contribution is 2.23. The van der Waals surface area contributed by atoms with Crippen LogP contribution in [0, 0.1) is 5.82 Å². The molecule has 1 rings (SSSR count). The number of nitrogens with zero attached hydrogens (tertiary/aromatic N) is 2. The number of amides is 1. The standard InChI is InChI=1S/C15H24FN3O/c1-5-19(6-2)14(20)11-18(4)15-12(10-17-3)8-7-9-13(15)16/h7-9,17H,5-6,10-11H2,1-4H3. The molecule has 0 radical (unpaired) electrons. The molecule has 0 aliphatic heterocycles. The summed E-state index contributed by atoms with van der Waals surface area (Å²) in [6.45, 7) is 5.97. The summed E-state index contributed by atoms with van der Waals surface area (Å²) in [5, 5.41) is 3.02. The first-order chi connectivity index (χ1) is 9.54. The molecule has 0 aliphatic carbocycles. The lowest BCUT2D eigenvalue weighted by Gasteiger charge is -2.26. The van der Waals surface area contributed by atoms with Crippen LogP contribution in [0.2, 0.25) is 0 Å². The van der Waals surface area contributed by atoms with E-state index in [2.05, 4.69) is 5.32 Å². The Kier molecular flexibility index (Phi) is 6.45. The summed E-state index contributed by atoms with van der Waals surface area (Å²) in [6.07, 6.45) is 0. The number of rotatable bonds is 7. The van der Waals surface area contributed by atoms with Crippen LogP contribution < -0.4 is 10.2 Å².